The van der Waals surface area contributed by atoms with E-state index in [-0.39, 0.29) is 6.61 Å². The average Bonchev–Trinajstić information content (AvgIpc) is 1.84. The normalized spacial score (nSPS) is 18.0. The summed E-state index contributed by atoms with van der Waals surface area (Å²) in [5.74, 6) is -0.398. The second-order valence-electron chi connectivity index (χ2n) is 1.35. The molecule has 0 aromatic rings. The van der Waals surface area contributed by atoms with E-state index in [1.54, 1.807) is 0 Å². The Labute approximate surface area is 52.9 Å². The third-order valence-electron chi connectivity index (χ3n) is 0.723. The van der Waals surface area contributed by atoms with Crippen LogP contribution in [-0.4, -0.2) is 28.8 Å². The molecule has 4 atom stereocenters. The molecular formula is C3H10O3P2. The number of rotatable bonds is 3. The van der Waals surface area contributed by atoms with Crippen molar-refractivity contribution in [2.75, 3.05) is 6.61 Å². The maximum absolute atomic E-state index is 8.72. The third-order valence-corrected chi connectivity index (χ3v) is 1.95. The summed E-state index contributed by atoms with van der Waals surface area (Å²) in [6.07, 6.45) is -0.808. The largest absolute Gasteiger partial charge is 0.394 e. The summed E-state index contributed by atoms with van der Waals surface area (Å²) in [6, 6.07) is 0. The molecule has 0 heterocycles. The van der Waals surface area contributed by atoms with E-state index in [0.29, 0.717) is 0 Å². The van der Waals surface area contributed by atoms with Crippen LogP contribution in [0.3, 0.4) is 0 Å². The van der Waals surface area contributed by atoms with Gasteiger partial charge in [-0.25, -0.2) is 0 Å². The summed E-state index contributed by atoms with van der Waals surface area (Å²) in [6.45, 7) is -0.275. The zero-order valence-corrected chi connectivity index (χ0v) is 6.63. The van der Waals surface area contributed by atoms with Crippen molar-refractivity contribution < 1.29 is 14.7 Å². The van der Waals surface area contributed by atoms with Gasteiger partial charge in [0.25, 0.3) is 0 Å². The lowest BCUT2D eigenvalue weighted by Crippen LogP contribution is -2.23. The van der Waals surface area contributed by atoms with Crippen LogP contribution < -0.4 is 0 Å². The molecule has 5 heteroatoms. The molecule has 0 fully saturated rings. The van der Waals surface area contributed by atoms with Gasteiger partial charge in [0.15, 0.2) is 0 Å². The quantitative estimate of drug-likeness (QED) is 0.533. The Morgan fingerprint density at radius 1 is 1.62 bits per heavy atom. The third kappa shape index (κ3) is 2.91. The lowest BCUT2D eigenvalue weighted by Gasteiger charge is -2.12. The lowest BCUT2D eigenvalue weighted by atomic mass is 10.4. The summed E-state index contributed by atoms with van der Waals surface area (Å²) in [5, 5.41) is 17.0. The summed E-state index contributed by atoms with van der Waals surface area (Å²) >= 11 is 0. The molecule has 0 aromatic carbocycles. The van der Waals surface area contributed by atoms with Gasteiger partial charge in [-0.3, -0.25) is 0 Å². The Balaban J connectivity index is 3.29. The molecule has 0 aliphatic rings. The molecule has 3 nitrogen and oxygen atoms in total. The minimum Gasteiger partial charge on any atom is -0.394 e. The van der Waals surface area contributed by atoms with Gasteiger partial charge < -0.3 is 14.7 Å². The summed E-state index contributed by atoms with van der Waals surface area (Å²) in [5.41, 5.74) is 0. The second kappa shape index (κ2) is 4.60. The van der Waals surface area contributed by atoms with E-state index < -0.39 is 11.9 Å². The van der Waals surface area contributed by atoms with Gasteiger partial charge in [-0.05, 0) is 0 Å². The predicted molar refractivity (Wildman–Crippen MR) is 37.4 cm³/mol. The molecule has 8 heavy (non-hydrogen) atoms. The monoisotopic (exact) mass is 156 g/mol. The number of aliphatic hydroxyl groups is 2. The minimum absolute atomic E-state index is 0.275. The second-order valence-corrected chi connectivity index (χ2v) is 2.28. The molecule has 0 radical (unpaired) electrons. The predicted octanol–water partition coefficient (Wildman–Crippen LogP) is -0.653. The summed E-state index contributed by atoms with van der Waals surface area (Å²) in [7, 11) is 4.24. The van der Waals surface area contributed by atoms with Crippen LogP contribution in [0.2, 0.25) is 0 Å². The van der Waals surface area contributed by atoms with Crippen molar-refractivity contribution in [2.24, 2.45) is 0 Å². The Kier molecular flexibility index (Phi) is 5.03. The zero-order chi connectivity index (χ0) is 6.57. The van der Waals surface area contributed by atoms with Gasteiger partial charge in [0, 0.05) is 9.47 Å². The number of aliphatic hydroxyl groups excluding tert-OH is 2. The molecule has 50 valence electrons. The Morgan fingerprint density at radius 2 is 2.12 bits per heavy atom. The fraction of sp³-hybridized carbons (Fsp3) is 1.00. The zero-order valence-electron chi connectivity index (χ0n) is 4.32. The lowest BCUT2D eigenvalue weighted by molar-refractivity contribution is 0.0450. The van der Waals surface area contributed by atoms with Crippen molar-refractivity contribution in [3.05, 3.63) is 0 Å². The van der Waals surface area contributed by atoms with Crippen LogP contribution in [-0.2, 0) is 4.52 Å². The molecule has 0 aliphatic heterocycles. The molecule has 0 spiro atoms. The van der Waals surface area contributed by atoms with E-state index in [2.05, 4.69) is 13.8 Å². The van der Waals surface area contributed by atoms with Gasteiger partial charge in [-0.2, -0.15) is 0 Å². The van der Waals surface area contributed by atoms with Gasteiger partial charge in [0.05, 0.1) is 6.61 Å². The van der Waals surface area contributed by atoms with Crippen LogP contribution in [0.25, 0.3) is 0 Å². The standard InChI is InChI=1S/C3H10O3P2/c4-1-2(5)3(7)6-8/h2-5H,1,7-8H2. The number of hydrogen-bond donors (Lipinski definition) is 2. The first-order valence-electron chi connectivity index (χ1n) is 2.12. The highest BCUT2D eigenvalue weighted by Crippen LogP contribution is 2.10. The first kappa shape index (κ1) is 8.74. The summed E-state index contributed by atoms with van der Waals surface area (Å²) in [4.78, 5) is 0. The molecule has 0 saturated carbocycles. The van der Waals surface area contributed by atoms with E-state index in [9.17, 15) is 0 Å². The Bertz CT molecular complexity index is 52.5. The molecular weight excluding hydrogens is 146 g/mol. The van der Waals surface area contributed by atoms with E-state index in [4.69, 9.17) is 10.2 Å². The van der Waals surface area contributed by atoms with Crippen molar-refractivity contribution >= 4 is 18.7 Å². The van der Waals surface area contributed by atoms with Crippen LogP contribution in [0.5, 0.6) is 0 Å². The van der Waals surface area contributed by atoms with Crippen LogP contribution in [0.4, 0.5) is 0 Å². The molecule has 0 bridgehead atoms. The van der Waals surface area contributed by atoms with Crippen molar-refractivity contribution in [2.45, 2.75) is 11.9 Å². The van der Waals surface area contributed by atoms with E-state index in [0.717, 1.165) is 0 Å². The van der Waals surface area contributed by atoms with E-state index in [1.807, 2.05) is 9.47 Å². The van der Waals surface area contributed by atoms with Gasteiger partial charge >= 0.3 is 0 Å². The fourth-order valence-corrected chi connectivity index (χ4v) is 0.498. The Morgan fingerprint density at radius 3 is 2.25 bits per heavy atom. The highest BCUT2D eigenvalue weighted by atomic mass is 31.0. The van der Waals surface area contributed by atoms with Crippen molar-refractivity contribution in [1.29, 1.82) is 0 Å². The van der Waals surface area contributed by atoms with E-state index >= 15 is 0 Å². The van der Waals surface area contributed by atoms with Gasteiger partial charge in [-0.15, -0.1) is 9.24 Å². The van der Waals surface area contributed by atoms with Crippen molar-refractivity contribution in [1.82, 2.24) is 0 Å². The number of hydrogen-bond acceptors (Lipinski definition) is 3. The van der Waals surface area contributed by atoms with Gasteiger partial charge in [-0.1, -0.05) is 0 Å². The smallest absolute Gasteiger partial charge is 0.107 e. The summed E-state index contributed by atoms with van der Waals surface area (Å²) < 4.78 is 4.57. The molecule has 0 rings (SSSR count). The topological polar surface area (TPSA) is 49.7 Å². The highest BCUT2D eigenvalue weighted by molar-refractivity contribution is 7.19. The first-order valence-corrected chi connectivity index (χ1v) is 3.26. The molecule has 0 aliphatic carbocycles. The van der Waals surface area contributed by atoms with Crippen molar-refractivity contribution in [3.8, 4) is 0 Å². The molecule has 0 amide bonds. The van der Waals surface area contributed by atoms with Crippen LogP contribution in [0, 0.1) is 0 Å². The van der Waals surface area contributed by atoms with Crippen LogP contribution in [0.1, 0.15) is 0 Å². The SMILES string of the molecule is OCC(O)C(P)OP. The van der Waals surface area contributed by atoms with Crippen LogP contribution >= 0.6 is 18.7 Å². The fourth-order valence-electron chi connectivity index (χ4n) is 0.195. The molecule has 0 aromatic heterocycles. The maximum Gasteiger partial charge on any atom is 0.107 e. The average molecular weight is 156 g/mol. The molecule has 0 saturated heterocycles. The minimum atomic E-state index is -0.808. The maximum atomic E-state index is 8.72. The van der Waals surface area contributed by atoms with Gasteiger partial charge in [0.2, 0.25) is 0 Å². The first-order chi connectivity index (χ1) is 3.72. The molecule has 2 N–H and O–H groups in total. The molecule has 4 unspecified atom stereocenters. The Hall–Kier alpha value is 0.740. The highest BCUT2D eigenvalue weighted by Gasteiger charge is 2.10. The van der Waals surface area contributed by atoms with Gasteiger partial charge in [0.1, 0.15) is 11.9 Å². The van der Waals surface area contributed by atoms with Crippen molar-refractivity contribution in [3.63, 3.8) is 0 Å². The van der Waals surface area contributed by atoms with E-state index in [1.165, 1.54) is 0 Å². The van der Waals surface area contributed by atoms with Crippen LogP contribution in [0.15, 0.2) is 0 Å².